The summed E-state index contributed by atoms with van der Waals surface area (Å²) >= 11 is 0. The molecule has 6 nitrogen and oxygen atoms in total. The van der Waals surface area contributed by atoms with Crippen molar-refractivity contribution < 1.29 is 19.1 Å². The number of carbonyl (C=O) groups excluding carboxylic acids is 2. The number of nitrogens with one attached hydrogen (secondary N) is 1. The van der Waals surface area contributed by atoms with Gasteiger partial charge in [-0.05, 0) is 29.7 Å². The molecule has 0 bridgehead atoms. The first-order chi connectivity index (χ1) is 10.6. The van der Waals surface area contributed by atoms with Gasteiger partial charge in [0, 0.05) is 19.5 Å². The second-order valence-electron chi connectivity index (χ2n) is 5.17. The van der Waals surface area contributed by atoms with Gasteiger partial charge in [-0.3, -0.25) is 9.59 Å². The van der Waals surface area contributed by atoms with E-state index in [0.717, 1.165) is 12.0 Å². The Morgan fingerprint density at radius 1 is 1.18 bits per heavy atom. The van der Waals surface area contributed by atoms with E-state index in [1.54, 1.807) is 26.0 Å². The molecule has 0 atom stereocenters. The SMILES string of the molecule is CCC(=O)NCC(=O)N1CCc2cc(OC)c(OC)cc2C1. The van der Waals surface area contributed by atoms with Crippen LogP contribution in [0.2, 0.25) is 0 Å². The molecule has 6 heteroatoms. The largest absolute Gasteiger partial charge is 0.493 e. The average molecular weight is 306 g/mol. The van der Waals surface area contributed by atoms with Gasteiger partial charge in [0.2, 0.25) is 11.8 Å². The van der Waals surface area contributed by atoms with Crippen molar-refractivity contribution in [3.63, 3.8) is 0 Å². The van der Waals surface area contributed by atoms with E-state index in [1.165, 1.54) is 5.56 Å². The van der Waals surface area contributed by atoms with Gasteiger partial charge in [0.15, 0.2) is 11.5 Å². The maximum atomic E-state index is 12.2. The highest BCUT2D eigenvalue weighted by atomic mass is 16.5. The summed E-state index contributed by atoms with van der Waals surface area (Å²) < 4.78 is 10.6. The molecule has 0 fully saturated rings. The number of rotatable bonds is 5. The molecule has 1 aliphatic rings. The summed E-state index contributed by atoms with van der Waals surface area (Å²) in [5, 5.41) is 2.62. The van der Waals surface area contributed by atoms with Crippen molar-refractivity contribution in [1.82, 2.24) is 10.2 Å². The molecule has 0 spiro atoms. The van der Waals surface area contributed by atoms with Crippen molar-refractivity contribution in [2.24, 2.45) is 0 Å². The van der Waals surface area contributed by atoms with Gasteiger partial charge in [0.25, 0.3) is 0 Å². The van der Waals surface area contributed by atoms with Crippen LogP contribution in [-0.2, 0) is 22.6 Å². The number of hydrogen-bond acceptors (Lipinski definition) is 4. The molecule has 0 saturated heterocycles. The Balaban J connectivity index is 2.07. The molecule has 22 heavy (non-hydrogen) atoms. The quantitative estimate of drug-likeness (QED) is 0.885. The van der Waals surface area contributed by atoms with E-state index in [9.17, 15) is 9.59 Å². The number of carbonyl (C=O) groups is 2. The Bertz CT molecular complexity index is 572. The lowest BCUT2D eigenvalue weighted by molar-refractivity contribution is -0.133. The van der Waals surface area contributed by atoms with Gasteiger partial charge in [0.1, 0.15) is 0 Å². The summed E-state index contributed by atoms with van der Waals surface area (Å²) in [7, 11) is 3.20. The predicted octanol–water partition coefficient (Wildman–Crippen LogP) is 1.11. The molecule has 1 aromatic carbocycles. The molecule has 0 aliphatic carbocycles. The maximum absolute atomic E-state index is 12.2. The second kappa shape index (κ2) is 7.15. The first-order valence-electron chi connectivity index (χ1n) is 7.37. The number of ether oxygens (including phenoxy) is 2. The number of nitrogens with zero attached hydrogens (tertiary/aromatic N) is 1. The highest BCUT2D eigenvalue weighted by Crippen LogP contribution is 2.33. The van der Waals surface area contributed by atoms with Crippen LogP contribution in [-0.4, -0.2) is 44.0 Å². The highest BCUT2D eigenvalue weighted by molar-refractivity contribution is 5.84. The first-order valence-corrected chi connectivity index (χ1v) is 7.37. The molecule has 0 saturated carbocycles. The molecule has 2 rings (SSSR count). The van der Waals surface area contributed by atoms with Gasteiger partial charge in [0.05, 0.1) is 20.8 Å². The molecule has 0 aromatic heterocycles. The number of methoxy groups -OCH3 is 2. The topological polar surface area (TPSA) is 67.9 Å². The minimum absolute atomic E-state index is 0.0509. The summed E-state index contributed by atoms with van der Waals surface area (Å²) in [4.78, 5) is 25.2. The molecular formula is C16H22N2O4. The minimum atomic E-state index is -0.114. The monoisotopic (exact) mass is 306 g/mol. The van der Waals surface area contributed by atoms with Crippen molar-refractivity contribution in [2.45, 2.75) is 26.3 Å². The van der Waals surface area contributed by atoms with E-state index < -0.39 is 0 Å². The van der Waals surface area contributed by atoms with Crippen molar-refractivity contribution in [3.8, 4) is 11.5 Å². The number of benzene rings is 1. The smallest absolute Gasteiger partial charge is 0.242 e. The number of hydrogen-bond donors (Lipinski definition) is 1. The van der Waals surface area contributed by atoms with E-state index >= 15 is 0 Å². The second-order valence-corrected chi connectivity index (χ2v) is 5.17. The Morgan fingerprint density at radius 2 is 1.82 bits per heavy atom. The third-order valence-electron chi connectivity index (χ3n) is 3.83. The Labute approximate surface area is 130 Å². The normalized spacial score (nSPS) is 13.3. The zero-order valence-electron chi connectivity index (χ0n) is 13.3. The lowest BCUT2D eigenvalue weighted by atomic mass is 9.98. The van der Waals surface area contributed by atoms with Crippen LogP contribution in [0.25, 0.3) is 0 Å². The van der Waals surface area contributed by atoms with Gasteiger partial charge < -0.3 is 19.7 Å². The van der Waals surface area contributed by atoms with E-state index in [1.807, 2.05) is 12.1 Å². The van der Waals surface area contributed by atoms with Crippen LogP contribution in [0.4, 0.5) is 0 Å². The highest BCUT2D eigenvalue weighted by Gasteiger charge is 2.22. The number of fused-ring (bicyclic) bond motifs is 1. The molecule has 1 heterocycles. The first kappa shape index (κ1) is 16.1. The predicted molar refractivity (Wildman–Crippen MR) is 82.0 cm³/mol. The van der Waals surface area contributed by atoms with Gasteiger partial charge in [-0.25, -0.2) is 0 Å². The third kappa shape index (κ3) is 3.50. The van der Waals surface area contributed by atoms with Crippen molar-refractivity contribution in [3.05, 3.63) is 23.3 Å². The Morgan fingerprint density at radius 3 is 2.41 bits per heavy atom. The fourth-order valence-corrected chi connectivity index (χ4v) is 2.51. The van der Waals surface area contributed by atoms with Crippen LogP contribution in [0.15, 0.2) is 12.1 Å². The lowest BCUT2D eigenvalue weighted by Gasteiger charge is -2.29. The molecule has 0 radical (unpaired) electrons. The molecule has 1 aliphatic heterocycles. The third-order valence-corrected chi connectivity index (χ3v) is 3.83. The molecule has 1 N–H and O–H groups in total. The average Bonchev–Trinajstić information content (AvgIpc) is 2.57. The van der Waals surface area contributed by atoms with E-state index in [4.69, 9.17) is 9.47 Å². The van der Waals surface area contributed by atoms with Crippen LogP contribution < -0.4 is 14.8 Å². The van der Waals surface area contributed by atoms with E-state index in [-0.39, 0.29) is 18.4 Å². The minimum Gasteiger partial charge on any atom is -0.493 e. The summed E-state index contributed by atoms with van der Waals surface area (Å²) in [5.74, 6) is 1.19. The zero-order valence-corrected chi connectivity index (χ0v) is 13.3. The number of amides is 2. The van der Waals surface area contributed by atoms with Gasteiger partial charge in [-0.1, -0.05) is 6.92 Å². The molecule has 0 unspecified atom stereocenters. The summed E-state index contributed by atoms with van der Waals surface area (Å²) in [5.41, 5.74) is 2.22. The summed E-state index contributed by atoms with van der Waals surface area (Å²) in [6.45, 7) is 2.98. The molecular weight excluding hydrogens is 284 g/mol. The Hall–Kier alpha value is -2.24. The van der Waals surface area contributed by atoms with E-state index in [0.29, 0.717) is 31.0 Å². The maximum Gasteiger partial charge on any atom is 0.242 e. The molecule has 1 aromatic rings. The van der Waals surface area contributed by atoms with Crippen LogP contribution in [0.1, 0.15) is 24.5 Å². The van der Waals surface area contributed by atoms with Crippen LogP contribution >= 0.6 is 0 Å². The van der Waals surface area contributed by atoms with Crippen molar-refractivity contribution in [1.29, 1.82) is 0 Å². The van der Waals surface area contributed by atoms with Crippen LogP contribution in [0, 0.1) is 0 Å². The van der Waals surface area contributed by atoms with Crippen molar-refractivity contribution in [2.75, 3.05) is 27.3 Å². The van der Waals surface area contributed by atoms with E-state index in [2.05, 4.69) is 5.32 Å². The lowest BCUT2D eigenvalue weighted by Crippen LogP contribution is -2.42. The Kier molecular flexibility index (Phi) is 5.25. The molecule has 2 amide bonds. The van der Waals surface area contributed by atoms with Gasteiger partial charge in [-0.15, -0.1) is 0 Å². The standard InChI is InChI=1S/C16H22N2O4/c1-4-15(19)17-9-16(20)18-6-5-11-7-13(21-2)14(22-3)8-12(11)10-18/h7-8H,4-6,9-10H2,1-3H3,(H,17,19). The van der Waals surface area contributed by atoms with Crippen molar-refractivity contribution >= 4 is 11.8 Å². The van der Waals surface area contributed by atoms with Crippen LogP contribution in [0.5, 0.6) is 11.5 Å². The zero-order chi connectivity index (χ0) is 16.1. The fourth-order valence-electron chi connectivity index (χ4n) is 2.51. The summed E-state index contributed by atoms with van der Waals surface area (Å²) in [6, 6.07) is 3.88. The fraction of sp³-hybridized carbons (Fsp3) is 0.500. The summed E-state index contributed by atoms with van der Waals surface area (Å²) in [6.07, 6.45) is 1.15. The molecule has 120 valence electrons. The van der Waals surface area contributed by atoms with Gasteiger partial charge >= 0.3 is 0 Å². The van der Waals surface area contributed by atoms with Gasteiger partial charge in [-0.2, -0.15) is 0 Å². The van der Waals surface area contributed by atoms with Crippen LogP contribution in [0.3, 0.4) is 0 Å².